The summed E-state index contributed by atoms with van der Waals surface area (Å²) in [7, 11) is 0. The first-order chi connectivity index (χ1) is 26.1. The fraction of sp³-hybridized carbons (Fsp3) is 0.837. The third-order valence-electron chi connectivity index (χ3n) is 10.2. The predicted octanol–water partition coefficient (Wildman–Crippen LogP) is 8.71. The first-order valence-electron chi connectivity index (χ1n) is 21.9. The van der Waals surface area contributed by atoms with E-state index in [9.17, 15) is 19.2 Å². The van der Waals surface area contributed by atoms with Crippen LogP contribution in [0.15, 0.2) is 17.1 Å². The molecule has 11 nitrogen and oxygen atoms in total. The maximum atomic E-state index is 12.1. The molecule has 0 fully saturated rings. The van der Waals surface area contributed by atoms with Crippen molar-refractivity contribution in [1.29, 1.82) is 0 Å². The molecule has 0 spiro atoms. The van der Waals surface area contributed by atoms with Crippen LogP contribution < -0.4 is 27.8 Å². The molecular formula is C43H82N6O5. The summed E-state index contributed by atoms with van der Waals surface area (Å²) in [6.45, 7) is 4.19. The number of allylic oxidation sites excluding steroid dienone is 2. The van der Waals surface area contributed by atoms with Crippen LogP contribution in [0.3, 0.4) is 0 Å². The zero-order chi connectivity index (χ0) is 40.1. The number of nitrogens with one attached hydrogen (secondary N) is 2. The van der Waals surface area contributed by atoms with Crippen molar-refractivity contribution in [1.82, 2.24) is 10.6 Å². The van der Waals surface area contributed by atoms with Crippen molar-refractivity contribution in [3.05, 3.63) is 12.2 Å². The van der Waals surface area contributed by atoms with Crippen molar-refractivity contribution >= 4 is 29.7 Å². The fourth-order valence-electron chi connectivity index (χ4n) is 6.85. The van der Waals surface area contributed by atoms with E-state index in [1.807, 2.05) is 0 Å². The van der Waals surface area contributed by atoms with E-state index >= 15 is 0 Å². The monoisotopic (exact) mass is 763 g/mol. The van der Waals surface area contributed by atoms with E-state index in [1.165, 1.54) is 135 Å². The summed E-state index contributed by atoms with van der Waals surface area (Å²) in [4.78, 5) is 51.1. The Bertz CT molecular complexity index is 1000. The molecule has 0 aliphatic carbocycles. The van der Waals surface area contributed by atoms with Crippen LogP contribution in [0.5, 0.6) is 0 Å². The molecule has 0 saturated carbocycles. The summed E-state index contributed by atoms with van der Waals surface area (Å²) in [5, 5.41) is 13.8. The lowest BCUT2D eigenvalue weighted by atomic mass is 9.89. The Kier molecular flexibility index (Phi) is 35.0. The van der Waals surface area contributed by atoms with Gasteiger partial charge in [0.1, 0.15) is 0 Å². The van der Waals surface area contributed by atoms with E-state index in [2.05, 4.69) is 41.6 Å². The molecule has 1 unspecified atom stereocenters. The van der Waals surface area contributed by atoms with Gasteiger partial charge >= 0.3 is 5.97 Å². The third-order valence-corrected chi connectivity index (χ3v) is 10.2. The molecule has 3 amide bonds. The molecule has 0 bridgehead atoms. The molecule has 0 aromatic heterocycles. The van der Waals surface area contributed by atoms with Crippen molar-refractivity contribution in [3.63, 3.8) is 0 Å². The molecule has 0 rings (SSSR count). The molecule has 0 aliphatic rings. The second-order valence-corrected chi connectivity index (χ2v) is 15.4. The second-order valence-electron chi connectivity index (χ2n) is 15.4. The molecule has 0 heterocycles. The normalized spacial score (nSPS) is 12.5. The number of carbonyl (C=O) groups is 4. The number of nitrogens with two attached hydrogens (primary N) is 3. The Balaban J connectivity index is 3.87. The number of imide groups is 1. The zero-order valence-corrected chi connectivity index (χ0v) is 34.6. The lowest BCUT2D eigenvalue weighted by molar-refractivity contribution is -0.138. The largest absolute Gasteiger partial charge is 0.480 e. The Labute approximate surface area is 329 Å². The number of carboxylic acids is 1. The van der Waals surface area contributed by atoms with Gasteiger partial charge in [0, 0.05) is 6.42 Å². The Morgan fingerprint density at radius 1 is 0.593 bits per heavy atom. The number of nitrogens with zero attached hydrogens (tertiary/aromatic N) is 1. The van der Waals surface area contributed by atoms with Crippen molar-refractivity contribution in [3.8, 4) is 0 Å². The highest BCUT2D eigenvalue weighted by Gasteiger charge is 2.21. The summed E-state index contributed by atoms with van der Waals surface area (Å²) >= 11 is 0. The van der Waals surface area contributed by atoms with E-state index in [-0.39, 0.29) is 31.1 Å². The number of aliphatic carboxylic acids is 1. The van der Waals surface area contributed by atoms with Gasteiger partial charge in [0.05, 0.1) is 12.6 Å². The fourth-order valence-corrected chi connectivity index (χ4v) is 6.85. The van der Waals surface area contributed by atoms with Crippen LogP contribution in [0.25, 0.3) is 0 Å². The van der Waals surface area contributed by atoms with Gasteiger partial charge in [-0.15, -0.1) is 0 Å². The van der Waals surface area contributed by atoms with Gasteiger partial charge in [-0.2, -0.15) is 0 Å². The van der Waals surface area contributed by atoms with E-state index in [4.69, 9.17) is 22.3 Å². The molecule has 9 N–H and O–H groups in total. The van der Waals surface area contributed by atoms with Crippen LogP contribution in [-0.2, 0) is 19.2 Å². The molecule has 0 aromatic carbocycles. The standard InChI is InChI=1S/C43H82N6O5/c1-3-5-7-9-21-25-29-36(30-26-22-10-8-6-4-2)31-27-23-19-17-15-13-11-12-14-16-18-20-24-28-32-39(50)49-40(51)35-47-41(52)37(44)33-34-38(42(53)54)48-43(45)46/h11-12,36-38H,3-10,13-35,44H2,1-2H3,(H,47,52)(H,53,54)(H4,45,46,48)(H,49,50,51)/b12-11-/t37-,38?/m0/s1. The van der Waals surface area contributed by atoms with Crippen LogP contribution in [0.4, 0.5) is 0 Å². The lowest BCUT2D eigenvalue weighted by Crippen LogP contribution is -2.46. The maximum Gasteiger partial charge on any atom is 0.328 e. The summed E-state index contributed by atoms with van der Waals surface area (Å²) in [5.74, 6) is -2.29. The highest BCUT2D eigenvalue weighted by molar-refractivity contribution is 5.97. The van der Waals surface area contributed by atoms with Gasteiger partial charge in [0.2, 0.25) is 17.7 Å². The topological polar surface area (TPSA) is 203 Å². The summed E-state index contributed by atoms with van der Waals surface area (Å²) in [6, 6.07) is -2.27. The number of hydrogen-bond donors (Lipinski definition) is 6. The summed E-state index contributed by atoms with van der Waals surface area (Å²) in [5.41, 5.74) is 16.2. The van der Waals surface area contributed by atoms with Gasteiger partial charge in [0.25, 0.3) is 0 Å². The number of aliphatic imine (C=N–C) groups is 1. The van der Waals surface area contributed by atoms with Gasteiger partial charge in [-0.3, -0.25) is 19.7 Å². The molecule has 11 heteroatoms. The molecular weight excluding hydrogens is 681 g/mol. The Morgan fingerprint density at radius 2 is 1.04 bits per heavy atom. The number of hydrogen-bond acceptors (Lipinski definition) is 6. The van der Waals surface area contributed by atoms with Crippen molar-refractivity contribution in [2.24, 2.45) is 28.1 Å². The average molecular weight is 763 g/mol. The van der Waals surface area contributed by atoms with E-state index in [0.29, 0.717) is 6.42 Å². The predicted molar refractivity (Wildman–Crippen MR) is 224 cm³/mol. The second kappa shape index (κ2) is 37.0. The van der Waals surface area contributed by atoms with Crippen molar-refractivity contribution in [2.75, 3.05) is 6.54 Å². The Hall–Kier alpha value is -2.95. The van der Waals surface area contributed by atoms with Crippen molar-refractivity contribution < 1.29 is 24.3 Å². The maximum absolute atomic E-state index is 12.1. The minimum Gasteiger partial charge on any atom is -0.480 e. The molecule has 0 radical (unpaired) electrons. The van der Waals surface area contributed by atoms with Gasteiger partial charge in [-0.25, -0.2) is 9.79 Å². The molecule has 314 valence electrons. The average Bonchev–Trinajstić information content (AvgIpc) is 3.14. The molecule has 0 aliphatic heterocycles. The first-order valence-corrected chi connectivity index (χ1v) is 21.9. The number of carboxylic acid groups (broad SMARTS) is 1. The number of guanidine groups is 1. The summed E-state index contributed by atoms with van der Waals surface area (Å²) in [6.07, 6.45) is 40.1. The number of unbranched alkanes of at least 4 members (excludes halogenated alkanes) is 20. The minimum atomic E-state index is -1.24. The van der Waals surface area contributed by atoms with Gasteiger partial charge < -0.3 is 27.6 Å². The molecule has 0 saturated heterocycles. The van der Waals surface area contributed by atoms with Crippen LogP contribution >= 0.6 is 0 Å². The highest BCUT2D eigenvalue weighted by Crippen LogP contribution is 2.25. The van der Waals surface area contributed by atoms with E-state index < -0.39 is 36.4 Å². The molecule has 2 atom stereocenters. The van der Waals surface area contributed by atoms with Crippen LogP contribution in [0.2, 0.25) is 0 Å². The van der Waals surface area contributed by atoms with Crippen molar-refractivity contribution in [2.45, 2.75) is 219 Å². The van der Waals surface area contributed by atoms with Crippen LogP contribution in [0, 0.1) is 5.92 Å². The highest BCUT2D eigenvalue weighted by atomic mass is 16.4. The Morgan fingerprint density at radius 3 is 1.50 bits per heavy atom. The third kappa shape index (κ3) is 33.6. The lowest BCUT2D eigenvalue weighted by Gasteiger charge is -2.17. The first kappa shape index (κ1) is 51.0. The zero-order valence-electron chi connectivity index (χ0n) is 34.6. The van der Waals surface area contributed by atoms with Gasteiger partial charge in [-0.1, -0.05) is 167 Å². The van der Waals surface area contributed by atoms with Crippen LogP contribution in [0.1, 0.15) is 206 Å². The molecule has 0 aromatic rings. The van der Waals surface area contributed by atoms with Crippen LogP contribution in [-0.4, -0.2) is 53.4 Å². The number of carbonyl (C=O) groups excluding carboxylic acids is 3. The number of rotatable bonds is 38. The SMILES string of the molecule is CCCCCCCCC(CCCCCCCC)CCCCCCC/C=C\CCCCCCCC(=O)NC(=O)CNC(=O)[C@@H](N)CCC(N=C(N)N)C(=O)O. The minimum absolute atomic E-state index is 0.00421. The summed E-state index contributed by atoms with van der Waals surface area (Å²) < 4.78 is 0. The van der Waals surface area contributed by atoms with E-state index in [1.54, 1.807) is 0 Å². The van der Waals surface area contributed by atoms with Gasteiger partial charge in [0.15, 0.2) is 12.0 Å². The number of amides is 3. The smallest absolute Gasteiger partial charge is 0.328 e. The van der Waals surface area contributed by atoms with Gasteiger partial charge in [-0.05, 0) is 50.9 Å². The quantitative estimate of drug-likeness (QED) is 0.0155. The molecule has 54 heavy (non-hydrogen) atoms. The van der Waals surface area contributed by atoms with E-state index in [0.717, 1.165) is 38.0 Å².